The maximum Gasteiger partial charge on any atom is 0.222 e. The van der Waals surface area contributed by atoms with Gasteiger partial charge in [-0.1, -0.05) is 0 Å². The van der Waals surface area contributed by atoms with Gasteiger partial charge < -0.3 is 30.4 Å². The van der Waals surface area contributed by atoms with E-state index in [0.29, 0.717) is 12.2 Å². The molecule has 8 heteroatoms. The fourth-order valence-electron chi connectivity index (χ4n) is 1.47. The Morgan fingerprint density at radius 3 is 2.16 bits per heavy atom. The molecule has 0 unspecified atom stereocenters. The monoisotopic (exact) mass is 297 g/mol. The third kappa shape index (κ3) is 6.55. The largest absolute Gasteiger partial charge is 0.394 e. The van der Waals surface area contributed by atoms with E-state index in [9.17, 15) is 20.1 Å². The molecular formula is C11H23NO6S. The summed E-state index contributed by atoms with van der Waals surface area (Å²) in [6.45, 7) is -0.913. The topological polar surface area (TPSA) is 121 Å². The molecule has 0 fully saturated rings. The van der Waals surface area contributed by atoms with Crippen LogP contribution in [-0.2, 0) is 4.79 Å². The van der Waals surface area contributed by atoms with Crippen molar-refractivity contribution in [3.63, 3.8) is 0 Å². The summed E-state index contributed by atoms with van der Waals surface area (Å²) in [6.07, 6.45) is -5.40. The third-order valence-electron chi connectivity index (χ3n) is 2.76. The fraction of sp³-hybridized carbons (Fsp3) is 0.909. The van der Waals surface area contributed by atoms with Crippen LogP contribution in [0.4, 0.5) is 0 Å². The van der Waals surface area contributed by atoms with Crippen LogP contribution < -0.4 is 0 Å². The average Bonchev–Trinajstić information content (AvgIpc) is 2.41. The lowest BCUT2D eigenvalue weighted by Crippen LogP contribution is -2.49. The number of likely N-dealkylation sites (N-methyl/N-ethyl adjacent to an activating group) is 1. The van der Waals surface area contributed by atoms with Crippen molar-refractivity contribution in [1.29, 1.82) is 0 Å². The van der Waals surface area contributed by atoms with Crippen molar-refractivity contribution >= 4 is 18.5 Å². The summed E-state index contributed by atoms with van der Waals surface area (Å²) in [4.78, 5) is 12.8. The number of amides is 1. The number of hydrogen-bond acceptors (Lipinski definition) is 7. The van der Waals surface area contributed by atoms with E-state index in [4.69, 9.17) is 10.2 Å². The van der Waals surface area contributed by atoms with Crippen LogP contribution in [0.15, 0.2) is 0 Å². The van der Waals surface area contributed by atoms with E-state index in [0.717, 1.165) is 0 Å². The summed E-state index contributed by atoms with van der Waals surface area (Å²) in [5.41, 5.74) is 0. The van der Waals surface area contributed by atoms with Gasteiger partial charge in [-0.15, -0.1) is 0 Å². The first-order valence-electron chi connectivity index (χ1n) is 6.03. The zero-order valence-corrected chi connectivity index (χ0v) is 11.8. The normalized spacial score (nSPS) is 17.6. The Morgan fingerprint density at radius 2 is 1.68 bits per heavy atom. The smallest absolute Gasteiger partial charge is 0.222 e. The van der Waals surface area contributed by atoms with Crippen LogP contribution >= 0.6 is 12.6 Å². The molecule has 0 aliphatic rings. The molecule has 7 nitrogen and oxygen atoms in total. The number of hydrogen-bond donors (Lipinski definition) is 6. The predicted molar refractivity (Wildman–Crippen MR) is 71.8 cm³/mol. The molecule has 0 rings (SSSR count). The summed E-state index contributed by atoms with van der Waals surface area (Å²) in [5, 5.41) is 46.4. The molecule has 0 aliphatic heterocycles. The number of nitrogens with zero attached hydrogens (tertiary/aromatic N) is 1. The number of carbonyl (C=O) groups is 1. The molecule has 0 aromatic rings. The van der Waals surface area contributed by atoms with Crippen molar-refractivity contribution < 1.29 is 30.3 Å². The van der Waals surface area contributed by atoms with E-state index in [1.54, 1.807) is 0 Å². The van der Waals surface area contributed by atoms with Crippen LogP contribution in [0.5, 0.6) is 0 Å². The Hall–Kier alpha value is -0.380. The lowest BCUT2D eigenvalue weighted by Gasteiger charge is -2.28. The Balaban J connectivity index is 4.27. The van der Waals surface area contributed by atoms with E-state index in [1.165, 1.54) is 11.9 Å². The van der Waals surface area contributed by atoms with E-state index in [-0.39, 0.29) is 18.9 Å². The first-order chi connectivity index (χ1) is 8.84. The van der Waals surface area contributed by atoms with Gasteiger partial charge >= 0.3 is 0 Å². The second-order valence-corrected chi connectivity index (χ2v) is 4.85. The SMILES string of the molecule is CN(C[C@H](O)[C@@H](O)[C@H](O)[C@H](O)CO)C(=O)CCCS. The molecular weight excluding hydrogens is 274 g/mol. The highest BCUT2D eigenvalue weighted by molar-refractivity contribution is 7.80. The Labute approximate surface area is 117 Å². The second kappa shape index (κ2) is 9.51. The van der Waals surface area contributed by atoms with Crippen molar-refractivity contribution in [1.82, 2.24) is 4.90 Å². The molecule has 0 aromatic carbocycles. The first kappa shape index (κ1) is 18.6. The second-order valence-electron chi connectivity index (χ2n) is 4.40. The van der Waals surface area contributed by atoms with E-state index in [1.807, 2.05) is 0 Å². The van der Waals surface area contributed by atoms with Crippen molar-refractivity contribution in [3.05, 3.63) is 0 Å². The summed E-state index contributed by atoms with van der Waals surface area (Å²) in [5.74, 6) is 0.365. The van der Waals surface area contributed by atoms with Crippen molar-refractivity contribution in [2.24, 2.45) is 0 Å². The molecule has 0 spiro atoms. The van der Waals surface area contributed by atoms with Crippen LogP contribution in [0.1, 0.15) is 12.8 Å². The zero-order valence-electron chi connectivity index (χ0n) is 10.9. The van der Waals surface area contributed by atoms with Gasteiger partial charge in [0.15, 0.2) is 0 Å². The number of rotatable bonds is 9. The quantitative estimate of drug-likeness (QED) is 0.264. The van der Waals surface area contributed by atoms with Crippen molar-refractivity contribution in [2.75, 3.05) is 26.0 Å². The molecule has 0 bridgehead atoms. The van der Waals surface area contributed by atoms with Crippen molar-refractivity contribution in [2.45, 2.75) is 37.3 Å². The van der Waals surface area contributed by atoms with Gasteiger partial charge in [-0.05, 0) is 12.2 Å². The van der Waals surface area contributed by atoms with Gasteiger partial charge in [0.1, 0.15) is 24.4 Å². The Kier molecular flexibility index (Phi) is 9.32. The molecule has 114 valence electrons. The molecule has 0 radical (unpaired) electrons. The van der Waals surface area contributed by atoms with E-state index < -0.39 is 31.0 Å². The lowest BCUT2D eigenvalue weighted by atomic mass is 10.0. The van der Waals surface area contributed by atoms with Crippen LogP contribution in [0.25, 0.3) is 0 Å². The van der Waals surface area contributed by atoms with Crippen molar-refractivity contribution in [3.8, 4) is 0 Å². The van der Waals surface area contributed by atoms with Crippen LogP contribution in [-0.4, -0.2) is 86.7 Å². The standard InChI is InChI=1S/C11H23NO6S/c1-12(9(16)3-2-4-19)5-7(14)10(17)11(18)8(15)6-13/h7-8,10-11,13-15,17-19H,2-6H2,1H3/t7-,8+,10+,11+/m0/s1. The molecule has 19 heavy (non-hydrogen) atoms. The Morgan fingerprint density at radius 1 is 1.16 bits per heavy atom. The van der Waals surface area contributed by atoms with Gasteiger partial charge in [-0.3, -0.25) is 4.79 Å². The summed E-state index contributed by atoms with van der Waals surface area (Å²) >= 11 is 3.98. The van der Waals surface area contributed by atoms with Gasteiger partial charge in [-0.25, -0.2) is 0 Å². The predicted octanol–water partition coefficient (Wildman–Crippen LogP) is -2.41. The van der Waals surface area contributed by atoms with E-state index >= 15 is 0 Å². The number of aliphatic hydroxyl groups excluding tert-OH is 5. The first-order valence-corrected chi connectivity index (χ1v) is 6.66. The molecule has 0 saturated heterocycles. The maximum absolute atomic E-state index is 11.6. The molecule has 0 aliphatic carbocycles. The Bertz CT molecular complexity index is 268. The van der Waals surface area contributed by atoms with Gasteiger partial charge in [-0.2, -0.15) is 12.6 Å². The number of thiol groups is 1. The number of aliphatic hydroxyl groups is 5. The van der Waals surface area contributed by atoms with Crippen LogP contribution in [0.3, 0.4) is 0 Å². The molecule has 5 N–H and O–H groups in total. The summed E-state index contributed by atoms with van der Waals surface area (Å²) in [7, 11) is 1.46. The van der Waals surface area contributed by atoms with E-state index in [2.05, 4.69) is 12.6 Å². The minimum Gasteiger partial charge on any atom is -0.394 e. The molecule has 0 heterocycles. The van der Waals surface area contributed by atoms with Gasteiger partial charge in [0.2, 0.25) is 5.91 Å². The summed E-state index contributed by atoms with van der Waals surface area (Å²) in [6, 6.07) is 0. The van der Waals surface area contributed by atoms with Crippen LogP contribution in [0.2, 0.25) is 0 Å². The number of carbonyl (C=O) groups excluding carboxylic acids is 1. The highest BCUT2D eigenvalue weighted by Crippen LogP contribution is 2.07. The molecule has 4 atom stereocenters. The van der Waals surface area contributed by atoms with Gasteiger partial charge in [0.05, 0.1) is 6.61 Å². The minimum absolute atomic E-state index is 0.179. The van der Waals surface area contributed by atoms with Gasteiger partial charge in [0.25, 0.3) is 0 Å². The molecule has 0 aromatic heterocycles. The molecule has 0 saturated carbocycles. The zero-order chi connectivity index (χ0) is 15.0. The average molecular weight is 297 g/mol. The fourth-order valence-corrected chi connectivity index (χ4v) is 1.63. The minimum atomic E-state index is -1.68. The third-order valence-corrected chi connectivity index (χ3v) is 3.08. The highest BCUT2D eigenvalue weighted by atomic mass is 32.1. The highest BCUT2D eigenvalue weighted by Gasteiger charge is 2.31. The summed E-state index contributed by atoms with van der Waals surface area (Å²) < 4.78 is 0. The lowest BCUT2D eigenvalue weighted by molar-refractivity contribution is -0.138. The molecule has 1 amide bonds. The van der Waals surface area contributed by atoms with Crippen LogP contribution in [0, 0.1) is 0 Å². The maximum atomic E-state index is 11.6. The van der Waals surface area contributed by atoms with Gasteiger partial charge in [0, 0.05) is 20.0 Å².